The van der Waals surface area contributed by atoms with E-state index < -0.39 is 0 Å². The Labute approximate surface area is 185 Å². The first-order chi connectivity index (χ1) is 14.1. The SMILES string of the molecule is CC(C)(C)c1cc(C=Nc2ccccc2Sc2ccccc2)c(O)c(C(C)(C)C)c1. The number of phenolic OH excluding ortho intramolecular Hbond substituents is 1. The molecule has 2 nitrogen and oxygen atoms in total. The molecule has 0 aliphatic rings. The van der Waals surface area contributed by atoms with Crippen LogP contribution in [-0.4, -0.2) is 11.3 Å². The van der Waals surface area contributed by atoms with E-state index in [1.165, 1.54) is 10.5 Å². The standard InChI is InChI=1S/C27H31NOS/c1-26(2,3)20-16-19(25(29)22(17-20)27(4,5)6)18-28-23-14-10-11-15-24(23)30-21-12-8-7-9-13-21/h7-18,29H,1-6H3. The number of hydrogen-bond donors (Lipinski definition) is 1. The van der Waals surface area contributed by atoms with Gasteiger partial charge in [0.25, 0.3) is 0 Å². The van der Waals surface area contributed by atoms with Crippen molar-refractivity contribution in [3.05, 3.63) is 83.4 Å². The van der Waals surface area contributed by atoms with Gasteiger partial charge in [-0.2, -0.15) is 0 Å². The molecule has 3 rings (SSSR count). The first-order valence-corrected chi connectivity index (χ1v) is 11.1. The van der Waals surface area contributed by atoms with E-state index in [-0.39, 0.29) is 10.8 Å². The molecule has 156 valence electrons. The number of aromatic hydroxyl groups is 1. The quantitative estimate of drug-likeness (QED) is 0.438. The van der Waals surface area contributed by atoms with Crippen molar-refractivity contribution in [2.75, 3.05) is 0 Å². The fraction of sp³-hybridized carbons (Fsp3) is 0.296. The van der Waals surface area contributed by atoms with Gasteiger partial charge in [-0.1, -0.05) is 89.7 Å². The molecule has 30 heavy (non-hydrogen) atoms. The topological polar surface area (TPSA) is 32.6 Å². The predicted molar refractivity (Wildman–Crippen MR) is 130 cm³/mol. The summed E-state index contributed by atoms with van der Waals surface area (Å²) in [5.74, 6) is 0.312. The lowest BCUT2D eigenvalue weighted by Crippen LogP contribution is -2.17. The van der Waals surface area contributed by atoms with E-state index in [4.69, 9.17) is 4.99 Å². The van der Waals surface area contributed by atoms with Crippen LogP contribution in [0.15, 0.2) is 81.5 Å². The Morgan fingerprint density at radius 3 is 2.07 bits per heavy atom. The minimum Gasteiger partial charge on any atom is -0.507 e. The maximum atomic E-state index is 11.0. The molecule has 0 radical (unpaired) electrons. The van der Waals surface area contributed by atoms with E-state index >= 15 is 0 Å². The number of aliphatic imine (C=N–C) groups is 1. The van der Waals surface area contributed by atoms with E-state index in [1.807, 2.05) is 36.4 Å². The van der Waals surface area contributed by atoms with Crippen LogP contribution in [-0.2, 0) is 10.8 Å². The van der Waals surface area contributed by atoms with Gasteiger partial charge in [-0.15, -0.1) is 0 Å². The number of nitrogens with zero attached hydrogens (tertiary/aromatic N) is 1. The summed E-state index contributed by atoms with van der Waals surface area (Å²) in [5, 5.41) is 11.0. The molecule has 0 aliphatic heterocycles. The van der Waals surface area contributed by atoms with Crippen LogP contribution in [0, 0.1) is 0 Å². The number of benzene rings is 3. The Hall–Kier alpha value is -2.52. The Balaban J connectivity index is 2.03. The van der Waals surface area contributed by atoms with Crippen LogP contribution < -0.4 is 0 Å². The fourth-order valence-electron chi connectivity index (χ4n) is 3.16. The summed E-state index contributed by atoms with van der Waals surface area (Å²) in [6.07, 6.45) is 1.80. The number of hydrogen-bond acceptors (Lipinski definition) is 3. The first-order valence-electron chi connectivity index (χ1n) is 10.3. The second-order valence-electron chi connectivity index (χ2n) is 9.60. The number of phenols is 1. The van der Waals surface area contributed by atoms with Crippen molar-refractivity contribution in [1.82, 2.24) is 0 Å². The fourth-order valence-corrected chi connectivity index (χ4v) is 4.08. The van der Waals surface area contributed by atoms with E-state index in [2.05, 4.69) is 71.9 Å². The molecule has 0 unspecified atom stereocenters. The summed E-state index contributed by atoms with van der Waals surface area (Å²) >= 11 is 1.69. The van der Waals surface area contributed by atoms with Crippen LogP contribution >= 0.6 is 11.8 Å². The monoisotopic (exact) mass is 417 g/mol. The first kappa shape index (κ1) is 22.2. The third-order valence-corrected chi connectivity index (χ3v) is 6.07. The molecule has 3 aromatic carbocycles. The average Bonchev–Trinajstić information content (AvgIpc) is 2.67. The summed E-state index contributed by atoms with van der Waals surface area (Å²) in [6.45, 7) is 13.0. The Bertz CT molecular complexity index is 1040. The molecule has 0 saturated carbocycles. The molecular weight excluding hydrogens is 386 g/mol. The summed E-state index contributed by atoms with van der Waals surface area (Å²) in [4.78, 5) is 7.03. The molecule has 0 heterocycles. The zero-order valence-corrected chi connectivity index (χ0v) is 19.5. The smallest absolute Gasteiger partial charge is 0.128 e. The molecular formula is C27H31NOS. The minimum absolute atomic E-state index is 0.0165. The van der Waals surface area contributed by atoms with Gasteiger partial charge in [0.05, 0.1) is 5.69 Å². The predicted octanol–water partition coefficient (Wildman–Crippen LogP) is 7.89. The second-order valence-corrected chi connectivity index (χ2v) is 10.7. The molecule has 0 fully saturated rings. The van der Waals surface area contributed by atoms with E-state index in [9.17, 15) is 5.11 Å². The molecule has 0 saturated heterocycles. The molecule has 3 aromatic rings. The Morgan fingerprint density at radius 1 is 0.800 bits per heavy atom. The lowest BCUT2D eigenvalue weighted by molar-refractivity contribution is 0.444. The van der Waals surface area contributed by atoms with Crippen LogP contribution in [0.4, 0.5) is 5.69 Å². The molecule has 0 bridgehead atoms. The van der Waals surface area contributed by atoms with Crippen LogP contribution in [0.3, 0.4) is 0 Å². The zero-order valence-electron chi connectivity index (χ0n) is 18.7. The molecule has 0 spiro atoms. The highest BCUT2D eigenvalue weighted by atomic mass is 32.2. The van der Waals surface area contributed by atoms with E-state index in [1.54, 1.807) is 18.0 Å². The zero-order chi connectivity index (χ0) is 21.9. The molecule has 0 atom stereocenters. The van der Waals surface area contributed by atoms with E-state index in [0.29, 0.717) is 5.75 Å². The van der Waals surface area contributed by atoms with Crippen LogP contribution in [0.5, 0.6) is 5.75 Å². The third kappa shape index (κ3) is 5.34. The highest BCUT2D eigenvalue weighted by Gasteiger charge is 2.24. The molecule has 3 heteroatoms. The normalized spacial score (nSPS) is 12.5. The molecule has 0 amide bonds. The van der Waals surface area contributed by atoms with Crippen LogP contribution in [0.1, 0.15) is 58.2 Å². The summed E-state index contributed by atoms with van der Waals surface area (Å²) in [7, 11) is 0. The largest absolute Gasteiger partial charge is 0.507 e. The highest BCUT2D eigenvalue weighted by molar-refractivity contribution is 7.99. The van der Waals surface area contributed by atoms with Crippen molar-refractivity contribution < 1.29 is 5.11 Å². The summed E-state index contributed by atoms with van der Waals surface area (Å²) in [6, 6.07) is 22.6. The van der Waals surface area contributed by atoms with Crippen molar-refractivity contribution in [2.24, 2.45) is 4.99 Å². The number of para-hydroxylation sites is 1. The molecule has 0 aliphatic carbocycles. The van der Waals surface area contributed by atoms with Gasteiger partial charge in [-0.25, -0.2) is 0 Å². The van der Waals surface area contributed by atoms with E-state index in [0.717, 1.165) is 21.7 Å². The van der Waals surface area contributed by atoms with Gasteiger partial charge >= 0.3 is 0 Å². The van der Waals surface area contributed by atoms with Crippen molar-refractivity contribution in [1.29, 1.82) is 0 Å². The Kier molecular flexibility index (Phi) is 6.42. The van der Waals surface area contributed by atoms with Gasteiger partial charge in [-0.05, 0) is 46.7 Å². The second kappa shape index (κ2) is 8.69. The van der Waals surface area contributed by atoms with Crippen molar-refractivity contribution in [2.45, 2.75) is 62.2 Å². The Morgan fingerprint density at radius 2 is 1.43 bits per heavy atom. The van der Waals surface area contributed by atoms with Gasteiger partial charge in [0, 0.05) is 27.1 Å². The van der Waals surface area contributed by atoms with Crippen molar-refractivity contribution in [3.63, 3.8) is 0 Å². The van der Waals surface area contributed by atoms with Gasteiger partial charge < -0.3 is 5.11 Å². The van der Waals surface area contributed by atoms with Crippen molar-refractivity contribution in [3.8, 4) is 5.75 Å². The van der Waals surface area contributed by atoms with Gasteiger partial charge in [-0.3, -0.25) is 4.99 Å². The lowest BCUT2D eigenvalue weighted by atomic mass is 9.79. The third-order valence-electron chi connectivity index (χ3n) is 4.99. The van der Waals surface area contributed by atoms with Crippen LogP contribution in [0.2, 0.25) is 0 Å². The average molecular weight is 418 g/mol. The summed E-state index contributed by atoms with van der Waals surface area (Å²) < 4.78 is 0. The highest BCUT2D eigenvalue weighted by Crippen LogP contribution is 2.38. The number of rotatable bonds is 4. The maximum Gasteiger partial charge on any atom is 0.128 e. The molecule has 0 aromatic heterocycles. The van der Waals surface area contributed by atoms with Crippen molar-refractivity contribution >= 4 is 23.7 Å². The maximum absolute atomic E-state index is 11.0. The van der Waals surface area contributed by atoms with Crippen LogP contribution in [0.25, 0.3) is 0 Å². The van der Waals surface area contributed by atoms with Gasteiger partial charge in [0.1, 0.15) is 5.75 Å². The minimum atomic E-state index is -0.158. The van der Waals surface area contributed by atoms with Gasteiger partial charge in [0.15, 0.2) is 0 Å². The molecule has 1 N–H and O–H groups in total. The van der Waals surface area contributed by atoms with Gasteiger partial charge in [0.2, 0.25) is 0 Å². The summed E-state index contributed by atoms with van der Waals surface area (Å²) in [5.41, 5.74) is 3.62. The lowest BCUT2D eigenvalue weighted by Gasteiger charge is -2.27.